The van der Waals surface area contributed by atoms with Gasteiger partial charge in [0.15, 0.2) is 0 Å². The number of hydrogen-bond acceptors (Lipinski definition) is 6. The molecule has 7 nitrogen and oxygen atoms in total. The Morgan fingerprint density at radius 3 is 2.39 bits per heavy atom. The Morgan fingerprint density at radius 2 is 1.71 bits per heavy atom. The van der Waals surface area contributed by atoms with Gasteiger partial charge in [-0.3, -0.25) is 9.69 Å². The Kier molecular flexibility index (Phi) is 6.62. The van der Waals surface area contributed by atoms with Crippen LogP contribution in [0.25, 0.3) is 11.5 Å². The third kappa shape index (κ3) is 5.49. The Labute approximate surface area is 182 Å². The van der Waals surface area contributed by atoms with Gasteiger partial charge < -0.3 is 14.1 Å². The Bertz CT molecular complexity index is 990. The van der Waals surface area contributed by atoms with Crippen LogP contribution in [0, 0.1) is 6.92 Å². The Balaban J connectivity index is 1.22. The number of aryl methyl sites for hydroxylation is 2. The van der Waals surface area contributed by atoms with Gasteiger partial charge in [-0.2, -0.15) is 0 Å². The predicted molar refractivity (Wildman–Crippen MR) is 118 cm³/mol. The lowest BCUT2D eigenvalue weighted by Gasteiger charge is -2.34. The minimum absolute atomic E-state index is 0.138. The molecule has 1 aliphatic heterocycles. The number of amides is 1. The smallest absolute Gasteiger partial charge is 0.247 e. The van der Waals surface area contributed by atoms with E-state index in [1.807, 2.05) is 48.2 Å². The van der Waals surface area contributed by atoms with E-state index < -0.39 is 0 Å². The maximum Gasteiger partial charge on any atom is 0.247 e. The third-order valence-corrected chi connectivity index (χ3v) is 5.61. The lowest BCUT2D eigenvalue weighted by Crippen LogP contribution is -2.48. The van der Waals surface area contributed by atoms with Gasteiger partial charge in [-0.05, 0) is 36.8 Å². The molecule has 1 aromatic heterocycles. The first-order valence-electron chi connectivity index (χ1n) is 10.6. The molecule has 2 heterocycles. The van der Waals surface area contributed by atoms with Crippen LogP contribution in [0.4, 0.5) is 0 Å². The first-order valence-corrected chi connectivity index (χ1v) is 10.6. The van der Waals surface area contributed by atoms with Gasteiger partial charge in [-0.1, -0.05) is 29.8 Å². The summed E-state index contributed by atoms with van der Waals surface area (Å²) in [5, 5.41) is 8.21. The SMILES string of the molecule is COc1ccc(CN2CCN(C(=O)CCc3nnc(-c4ccc(C)cc4)o3)CC2)cc1. The number of rotatable bonds is 7. The fraction of sp³-hybridized carbons (Fsp3) is 0.375. The number of ether oxygens (including phenoxy) is 1. The molecule has 1 amide bonds. The summed E-state index contributed by atoms with van der Waals surface area (Å²) >= 11 is 0. The van der Waals surface area contributed by atoms with Gasteiger partial charge in [-0.25, -0.2) is 0 Å². The molecule has 0 spiro atoms. The fourth-order valence-electron chi connectivity index (χ4n) is 3.68. The summed E-state index contributed by atoms with van der Waals surface area (Å²) in [6.45, 7) is 6.15. The van der Waals surface area contributed by atoms with Crippen LogP contribution in [-0.2, 0) is 17.8 Å². The maximum absolute atomic E-state index is 12.6. The van der Waals surface area contributed by atoms with Crippen LogP contribution in [0.3, 0.4) is 0 Å². The maximum atomic E-state index is 12.6. The van der Waals surface area contributed by atoms with Crippen LogP contribution >= 0.6 is 0 Å². The molecule has 0 radical (unpaired) electrons. The zero-order valence-corrected chi connectivity index (χ0v) is 18.1. The number of carbonyl (C=O) groups is 1. The molecule has 4 rings (SSSR count). The van der Waals surface area contributed by atoms with E-state index in [1.54, 1.807) is 7.11 Å². The second-order valence-electron chi connectivity index (χ2n) is 7.87. The number of nitrogens with zero attached hydrogens (tertiary/aromatic N) is 4. The van der Waals surface area contributed by atoms with Gasteiger partial charge in [0, 0.05) is 51.1 Å². The zero-order chi connectivity index (χ0) is 21.6. The molecule has 7 heteroatoms. The standard InChI is InChI=1S/C24H28N4O3/c1-18-3-7-20(8-4-18)24-26-25-22(31-24)11-12-23(29)28-15-13-27(14-16-28)17-19-5-9-21(30-2)10-6-19/h3-10H,11-17H2,1-2H3. The summed E-state index contributed by atoms with van der Waals surface area (Å²) in [6, 6.07) is 16.1. The van der Waals surface area contributed by atoms with Crippen molar-refractivity contribution in [2.75, 3.05) is 33.3 Å². The minimum atomic E-state index is 0.138. The van der Waals surface area contributed by atoms with Crippen LogP contribution in [0.1, 0.15) is 23.4 Å². The molecule has 0 atom stereocenters. The average Bonchev–Trinajstić information content (AvgIpc) is 3.28. The molecular formula is C24H28N4O3. The molecule has 0 aliphatic carbocycles. The molecular weight excluding hydrogens is 392 g/mol. The van der Waals surface area contributed by atoms with Crippen molar-refractivity contribution < 1.29 is 13.9 Å². The first-order chi connectivity index (χ1) is 15.1. The molecule has 0 N–H and O–H groups in total. The highest BCUT2D eigenvalue weighted by atomic mass is 16.5. The molecule has 1 aliphatic rings. The second-order valence-corrected chi connectivity index (χ2v) is 7.87. The number of methoxy groups -OCH3 is 1. The van der Waals surface area contributed by atoms with Crippen LogP contribution < -0.4 is 4.74 Å². The number of aromatic nitrogens is 2. The number of benzene rings is 2. The van der Waals surface area contributed by atoms with Crippen LogP contribution in [0.5, 0.6) is 5.75 Å². The van der Waals surface area contributed by atoms with E-state index in [1.165, 1.54) is 11.1 Å². The highest BCUT2D eigenvalue weighted by Crippen LogP contribution is 2.19. The topological polar surface area (TPSA) is 71.7 Å². The lowest BCUT2D eigenvalue weighted by atomic mass is 10.1. The zero-order valence-electron chi connectivity index (χ0n) is 18.1. The second kappa shape index (κ2) is 9.75. The Morgan fingerprint density at radius 1 is 1.00 bits per heavy atom. The lowest BCUT2D eigenvalue weighted by molar-refractivity contribution is -0.133. The van der Waals surface area contributed by atoms with Crippen molar-refractivity contribution in [3.63, 3.8) is 0 Å². The van der Waals surface area contributed by atoms with Gasteiger partial charge in [0.1, 0.15) is 5.75 Å². The number of hydrogen-bond donors (Lipinski definition) is 0. The molecule has 2 aromatic carbocycles. The number of carbonyl (C=O) groups excluding carboxylic acids is 1. The summed E-state index contributed by atoms with van der Waals surface area (Å²) in [4.78, 5) is 16.9. The van der Waals surface area contributed by atoms with E-state index in [4.69, 9.17) is 9.15 Å². The van der Waals surface area contributed by atoms with Crippen molar-refractivity contribution in [1.29, 1.82) is 0 Å². The van der Waals surface area contributed by atoms with E-state index >= 15 is 0 Å². The summed E-state index contributed by atoms with van der Waals surface area (Å²) in [5.74, 6) is 2.00. The van der Waals surface area contributed by atoms with Gasteiger partial charge in [-0.15, -0.1) is 10.2 Å². The molecule has 31 heavy (non-hydrogen) atoms. The molecule has 1 fully saturated rings. The van der Waals surface area contributed by atoms with Crippen molar-refractivity contribution in [2.45, 2.75) is 26.3 Å². The van der Waals surface area contributed by atoms with E-state index in [2.05, 4.69) is 27.2 Å². The molecule has 1 saturated heterocycles. The van der Waals surface area contributed by atoms with E-state index in [0.717, 1.165) is 44.0 Å². The fourth-order valence-corrected chi connectivity index (χ4v) is 3.68. The highest BCUT2D eigenvalue weighted by Gasteiger charge is 2.21. The van der Waals surface area contributed by atoms with Crippen molar-refractivity contribution >= 4 is 5.91 Å². The van der Waals surface area contributed by atoms with Crippen molar-refractivity contribution in [3.05, 3.63) is 65.5 Å². The molecule has 162 valence electrons. The van der Waals surface area contributed by atoms with Crippen LogP contribution in [-0.4, -0.2) is 59.2 Å². The Hall–Kier alpha value is -3.19. The molecule has 0 bridgehead atoms. The molecule has 0 saturated carbocycles. The van der Waals surface area contributed by atoms with E-state index in [0.29, 0.717) is 24.6 Å². The number of piperazine rings is 1. The van der Waals surface area contributed by atoms with Crippen molar-refractivity contribution in [1.82, 2.24) is 20.0 Å². The van der Waals surface area contributed by atoms with Gasteiger partial charge in [0.25, 0.3) is 0 Å². The average molecular weight is 421 g/mol. The quantitative estimate of drug-likeness (QED) is 0.584. The van der Waals surface area contributed by atoms with Gasteiger partial charge >= 0.3 is 0 Å². The predicted octanol–water partition coefficient (Wildman–Crippen LogP) is 3.33. The summed E-state index contributed by atoms with van der Waals surface area (Å²) in [7, 11) is 1.67. The van der Waals surface area contributed by atoms with Crippen LogP contribution in [0.2, 0.25) is 0 Å². The van der Waals surface area contributed by atoms with E-state index in [-0.39, 0.29) is 5.91 Å². The highest BCUT2D eigenvalue weighted by molar-refractivity contribution is 5.76. The summed E-state index contributed by atoms with van der Waals surface area (Å²) < 4.78 is 10.9. The van der Waals surface area contributed by atoms with Gasteiger partial charge in [0.2, 0.25) is 17.7 Å². The monoisotopic (exact) mass is 420 g/mol. The first kappa shape index (κ1) is 21.1. The van der Waals surface area contributed by atoms with Crippen LogP contribution in [0.15, 0.2) is 52.9 Å². The molecule has 0 unspecified atom stereocenters. The summed E-state index contributed by atoms with van der Waals surface area (Å²) in [5.41, 5.74) is 3.32. The van der Waals surface area contributed by atoms with Gasteiger partial charge in [0.05, 0.1) is 7.11 Å². The minimum Gasteiger partial charge on any atom is -0.497 e. The normalized spacial score (nSPS) is 14.6. The van der Waals surface area contributed by atoms with Crippen molar-refractivity contribution in [2.24, 2.45) is 0 Å². The van der Waals surface area contributed by atoms with E-state index in [9.17, 15) is 4.79 Å². The van der Waals surface area contributed by atoms with Crippen molar-refractivity contribution in [3.8, 4) is 17.2 Å². The largest absolute Gasteiger partial charge is 0.497 e. The third-order valence-electron chi connectivity index (χ3n) is 5.61. The summed E-state index contributed by atoms with van der Waals surface area (Å²) in [6.07, 6.45) is 0.845. The molecule has 3 aromatic rings.